The van der Waals surface area contributed by atoms with Crippen molar-refractivity contribution in [3.8, 4) is 11.5 Å². The van der Waals surface area contributed by atoms with Gasteiger partial charge in [-0.3, -0.25) is 4.68 Å². The first-order valence-electron chi connectivity index (χ1n) is 6.68. The Morgan fingerprint density at radius 2 is 1.80 bits per heavy atom. The van der Waals surface area contributed by atoms with Gasteiger partial charge in [0.15, 0.2) is 0 Å². The van der Waals surface area contributed by atoms with Gasteiger partial charge in [-0.1, -0.05) is 6.92 Å². The van der Waals surface area contributed by atoms with Crippen LogP contribution >= 0.6 is 0 Å². The van der Waals surface area contributed by atoms with Crippen molar-refractivity contribution in [1.29, 1.82) is 0 Å². The number of nitrogens with zero attached hydrogens (tertiary/aromatic N) is 2. The normalized spacial score (nSPS) is 12.2. The Morgan fingerprint density at radius 3 is 2.35 bits per heavy atom. The van der Waals surface area contributed by atoms with E-state index in [9.17, 15) is 0 Å². The first-order valence-corrected chi connectivity index (χ1v) is 6.68. The lowest BCUT2D eigenvalue weighted by atomic mass is 10.0. The number of aromatic nitrogens is 2. The molecule has 1 aromatic carbocycles. The predicted octanol–water partition coefficient (Wildman–Crippen LogP) is 2.36. The number of methoxy groups -OCH3 is 2. The smallest absolute Gasteiger partial charge is 0.122 e. The average molecular weight is 275 g/mol. The topological polar surface area (TPSA) is 62.3 Å². The largest absolute Gasteiger partial charge is 0.497 e. The molecule has 2 rings (SSSR count). The second-order valence-electron chi connectivity index (χ2n) is 4.66. The molecule has 0 bridgehead atoms. The number of hydrogen-bond acceptors (Lipinski definition) is 4. The van der Waals surface area contributed by atoms with Crippen LogP contribution in [0.15, 0.2) is 30.6 Å². The van der Waals surface area contributed by atoms with Crippen LogP contribution < -0.4 is 15.2 Å². The van der Waals surface area contributed by atoms with Crippen LogP contribution in [-0.2, 0) is 6.54 Å². The first kappa shape index (κ1) is 14.4. The van der Waals surface area contributed by atoms with Gasteiger partial charge in [-0.05, 0) is 24.1 Å². The maximum absolute atomic E-state index is 6.31. The number of aryl methyl sites for hydroxylation is 1. The first-order chi connectivity index (χ1) is 9.67. The maximum Gasteiger partial charge on any atom is 0.122 e. The highest BCUT2D eigenvalue weighted by atomic mass is 16.5. The predicted molar refractivity (Wildman–Crippen MR) is 78.1 cm³/mol. The van der Waals surface area contributed by atoms with Gasteiger partial charge in [-0.15, -0.1) is 0 Å². The molecule has 2 aromatic rings. The van der Waals surface area contributed by atoms with E-state index in [-0.39, 0.29) is 6.04 Å². The molecule has 0 radical (unpaired) electrons. The lowest BCUT2D eigenvalue weighted by Crippen LogP contribution is -2.11. The fraction of sp³-hybridized carbons (Fsp3) is 0.400. The number of ether oxygens (including phenoxy) is 2. The Hall–Kier alpha value is -2.01. The maximum atomic E-state index is 6.31. The summed E-state index contributed by atoms with van der Waals surface area (Å²) in [5.41, 5.74) is 8.23. The van der Waals surface area contributed by atoms with E-state index < -0.39 is 0 Å². The third kappa shape index (κ3) is 3.11. The molecule has 0 saturated carbocycles. The van der Waals surface area contributed by atoms with E-state index >= 15 is 0 Å². The summed E-state index contributed by atoms with van der Waals surface area (Å²) in [6.45, 7) is 3.02. The van der Waals surface area contributed by atoms with Gasteiger partial charge >= 0.3 is 0 Å². The molecule has 0 saturated heterocycles. The van der Waals surface area contributed by atoms with Crippen molar-refractivity contribution in [1.82, 2.24) is 9.78 Å². The van der Waals surface area contributed by atoms with Crippen LogP contribution in [0.5, 0.6) is 11.5 Å². The van der Waals surface area contributed by atoms with Crippen LogP contribution in [0.1, 0.15) is 30.5 Å². The number of nitrogens with two attached hydrogens (primary N) is 1. The molecule has 0 aliphatic heterocycles. The summed E-state index contributed by atoms with van der Waals surface area (Å²) in [5.74, 6) is 1.46. The summed E-state index contributed by atoms with van der Waals surface area (Å²) in [4.78, 5) is 0. The van der Waals surface area contributed by atoms with Crippen LogP contribution in [0, 0.1) is 0 Å². The van der Waals surface area contributed by atoms with E-state index in [0.717, 1.165) is 35.6 Å². The molecule has 0 aliphatic carbocycles. The minimum absolute atomic E-state index is 0.246. The van der Waals surface area contributed by atoms with E-state index in [2.05, 4.69) is 12.0 Å². The van der Waals surface area contributed by atoms with Gasteiger partial charge in [0.1, 0.15) is 11.5 Å². The summed E-state index contributed by atoms with van der Waals surface area (Å²) in [7, 11) is 3.26. The van der Waals surface area contributed by atoms with E-state index in [4.69, 9.17) is 15.2 Å². The highest BCUT2D eigenvalue weighted by Crippen LogP contribution is 2.28. The molecule has 5 nitrogen and oxygen atoms in total. The molecule has 0 fully saturated rings. The molecule has 0 spiro atoms. The van der Waals surface area contributed by atoms with Crippen molar-refractivity contribution in [2.75, 3.05) is 14.2 Å². The molecule has 0 aliphatic rings. The minimum Gasteiger partial charge on any atom is -0.497 e. The van der Waals surface area contributed by atoms with Crippen molar-refractivity contribution < 1.29 is 9.47 Å². The number of rotatable bonds is 6. The number of hydrogen-bond donors (Lipinski definition) is 1. The van der Waals surface area contributed by atoms with Gasteiger partial charge in [-0.25, -0.2) is 0 Å². The summed E-state index contributed by atoms with van der Waals surface area (Å²) < 4.78 is 12.5. The van der Waals surface area contributed by atoms with E-state index in [1.54, 1.807) is 14.2 Å². The Bertz CT molecular complexity index is 544. The minimum atomic E-state index is -0.246. The molecule has 20 heavy (non-hydrogen) atoms. The molecular formula is C15H21N3O2. The van der Waals surface area contributed by atoms with Gasteiger partial charge in [0.2, 0.25) is 0 Å². The van der Waals surface area contributed by atoms with Gasteiger partial charge in [0.25, 0.3) is 0 Å². The standard InChI is InChI=1S/C15H21N3O2/c1-4-5-18-10-12(9-17-18)15(16)11-6-13(19-2)8-14(7-11)20-3/h6-10,15H,4-5,16H2,1-3H3. The zero-order chi connectivity index (χ0) is 14.5. The number of benzene rings is 1. The molecule has 1 atom stereocenters. The summed E-state index contributed by atoms with van der Waals surface area (Å²) in [6.07, 6.45) is 4.84. The molecule has 1 unspecified atom stereocenters. The van der Waals surface area contributed by atoms with Gasteiger partial charge in [0, 0.05) is 24.4 Å². The monoisotopic (exact) mass is 275 g/mol. The fourth-order valence-corrected chi connectivity index (χ4v) is 2.09. The van der Waals surface area contributed by atoms with Crippen molar-refractivity contribution in [3.05, 3.63) is 41.7 Å². The highest BCUT2D eigenvalue weighted by Gasteiger charge is 2.13. The third-order valence-electron chi connectivity index (χ3n) is 3.20. The molecule has 108 valence electrons. The van der Waals surface area contributed by atoms with E-state index in [1.807, 2.05) is 35.3 Å². The van der Waals surface area contributed by atoms with Crippen molar-refractivity contribution in [3.63, 3.8) is 0 Å². The molecule has 1 heterocycles. The molecule has 2 N–H and O–H groups in total. The average Bonchev–Trinajstić information content (AvgIpc) is 2.94. The second kappa shape index (κ2) is 6.43. The quantitative estimate of drug-likeness (QED) is 0.879. The zero-order valence-corrected chi connectivity index (χ0v) is 12.2. The zero-order valence-electron chi connectivity index (χ0n) is 12.2. The van der Waals surface area contributed by atoms with Crippen LogP contribution in [-0.4, -0.2) is 24.0 Å². The molecule has 1 aromatic heterocycles. The van der Waals surface area contributed by atoms with Crippen LogP contribution in [0.3, 0.4) is 0 Å². The molecule has 0 amide bonds. The van der Waals surface area contributed by atoms with Crippen molar-refractivity contribution >= 4 is 0 Å². The molecule has 5 heteroatoms. The lowest BCUT2D eigenvalue weighted by Gasteiger charge is -2.13. The highest BCUT2D eigenvalue weighted by molar-refractivity contribution is 5.42. The van der Waals surface area contributed by atoms with Crippen LogP contribution in [0.4, 0.5) is 0 Å². The van der Waals surface area contributed by atoms with Gasteiger partial charge < -0.3 is 15.2 Å². The van der Waals surface area contributed by atoms with Gasteiger partial charge in [-0.2, -0.15) is 5.10 Å². The lowest BCUT2D eigenvalue weighted by molar-refractivity contribution is 0.393. The summed E-state index contributed by atoms with van der Waals surface area (Å²) in [6, 6.07) is 5.43. The Morgan fingerprint density at radius 1 is 1.15 bits per heavy atom. The van der Waals surface area contributed by atoms with Crippen LogP contribution in [0.2, 0.25) is 0 Å². The van der Waals surface area contributed by atoms with E-state index in [0.29, 0.717) is 0 Å². The molecular weight excluding hydrogens is 254 g/mol. The third-order valence-corrected chi connectivity index (χ3v) is 3.20. The Labute approximate surface area is 119 Å². The van der Waals surface area contributed by atoms with E-state index in [1.165, 1.54) is 0 Å². The van der Waals surface area contributed by atoms with Crippen LogP contribution in [0.25, 0.3) is 0 Å². The van der Waals surface area contributed by atoms with Crippen molar-refractivity contribution in [2.45, 2.75) is 25.9 Å². The van der Waals surface area contributed by atoms with Crippen molar-refractivity contribution in [2.24, 2.45) is 5.73 Å². The van der Waals surface area contributed by atoms with Gasteiger partial charge in [0.05, 0.1) is 26.5 Å². The Kier molecular flexibility index (Phi) is 4.63. The SMILES string of the molecule is CCCn1cc(C(N)c2cc(OC)cc(OC)c2)cn1. The summed E-state index contributed by atoms with van der Waals surface area (Å²) >= 11 is 0. The Balaban J connectivity index is 2.28. The summed E-state index contributed by atoms with van der Waals surface area (Å²) in [5, 5.41) is 4.31. The second-order valence-corrected chi connectivity index (χ2v) is 4.66. The fourth-order valence-electron chi connectivity index (χ4n) is 2.09.